The van der Waals surface area contributed by atoms with Gasteiger partial charge in [-0.25, -0.2) is 17.9 Å². The van der Waals surface area contributed by atoms with E-state index in [9.17, 15) is 18.0 Å². The first kappa shape index (κ1) is 24.7. The number of fused-ring (bicyclic) bond motifs is 1. The maximum Gasteiger partial charge on any atom is 0.339 e. The van der Waals surface area contributed by atoms with Crippen LogP contribution in [0.2, 0.25) is 0 Å². The molecule has 0 fully saturated rings. The van der Waals surface area contributed by atoms with Gasteiger partial charge in [0, 0.05) is 18.5 Å². The summed E-state index contributed by atoms with van der Waals surface area (Å²) in [6, 6.07) is 10.2. The van der Waals surface area contributed by atoms with Crippen molar-refractivity contribution in [1.29, 1.82) is 0 Å². The Bertz CT molecular complexity index is 1320. The quantitative estimate of drug-likeness (QED) is 0.214. The molecule has 0 unspecified atom stereocenters. The van der Waals surface area contributed by atoms with Gasteiger partial charge in [0.25, 0.3) is 0 Å². The SMILES string of the molecule is Cc1ccc(S(=O)(=O)NCCCCCC(=O)Oc2cc(C)cc3oc(=O)c(C)c(C)c23)cc1. The highest BCUT2D eigenvalue weighted by Gasteiger charge is 2.16. The lowest BCUT2D eigenvalue weighted by Gasteiger charge is -2.12. The smallest absolute Gasteiger partial charge is 0.339 e. The van der Waals surface area contributed by atoms with E-state index >= 15 is 0 Å². The van der Waals surface area contributed by atoms with Crippen LogP contribution in [0.3, 0.4) is 0 Å². The summed E-state index contributed by atoms with van der Waals surface area (Å²) >= 11 is 0. The van der Waals surface area contributed by atoms with Crippen LogP contribution in [0.25, 0.3) is 11.0 Å². The Morgan fingerprint density at radius 2 is 1.64 bits per heavy atom. The van der Waals surface area contributed by atoms with E-state index < -0.39 is 15.6 Å². The molecule has 0 saturated carbocycles. The molecule has 7 nitrogen and oxygen atoms in total. The third kappa shape index (κ3) is 6.09. The molecule has 0 aliphatic heterocycles. The van der Waals surface area contributed by atoms with Crippen LogP contribution >= 0.6 is 0 Å². The average molecular weight is 472 g/mol. The molecule has 0 aliphatic carbocycles. The molecule has 176 valence electrons. The number of ether oxygens (including phenoxy) is 1. The summed E-state index contributed by atoms with van der Waals surface area (Å²) in [7, 11) is -3.53. The fraction of sp³-hybridized carbons (Fsp3) is 0.360. The zero-order valence-corrected chi connectivity index (χ0v) is 20.2. The van der Waals surface area contributed by atoms with Gasteiger partial charge in [0.05, 0.1) is 10.3 Å². The summed E-state index contributed by atoms with van der Waals surface area (Å²) in [6.45, 7) is 7.52. The van der Waals surface area contributed by atoms with Crippen molar-refractivity contribution in [3.8, 4) is 5.75 Å². The molecule has 1 N–H and O–H groups in total. The number of sulfonamides is 1. The van der Waals surface area contributed by atoms with Gasteiger partial charge in [0.15, 0.2) is 0 Å². The van der Waals surface area contributed by atoms with Gasteiger partial charge in [-0.15, -0.1) is 0 Å². The lowest BCUT2D eigenvalue weighted by molar-refractivity contribution is -0.134. The number of benzene rings is 2. The Morgan fingerprint density at radius 3 is 2.33 bits per heavy atom. The van der Waals surface area contributed by atoms with Crippen LogP contribution in [0.1, 0.15) is 47.9 Å². The fourth-order valence-corrected chi connectivity index (χ4v) is 4.59. The van der Waals surface area contributed by atoms with E-state index in [-0.39, 0.29) is 17.3 Å². The highest BCUT2D eigenvalue weighted by atomic mass is 32.2. The monoisotopic (exact) mass is 471 g/mol. The van der Waals surface area contributed by atoms with Crippen molar-refractivity contribution in [2.75, 3.05) is 6.54 Å². The number of hydrogen-bond donors (Lipinski definition) is 1. The maximum absolute atomic E-state index is 12.4. The molecule has 1 aromatic heterocycles. The minimum atomic E-state index is -3.53. The Balaban J connectivity index is 1.51. The van der Waals surface area contributed by atoms with E-state index in [4.69, 9.17) is 9.15 Å². The third-order valence-electron chi connectivity index (χ3n) is 5.56. The third-order valence-corrected chi connectivity index (χ3v) is 7.04. The summed E-state index contributed by atoms with van der Waals surface area (Å²) < 4.78 is 38.1. The van der Waals surface area contributed by atoms with Gasteiger partial charge in [-0.2, -0.15) is 0 Å². The predicted octanol–water partition coefficient (Wildman–Crippen LogP) is 4.47. The van der Waals surface area contributed by atoms with Gasteiger partial charge in [-0.05, 0) is 75.9 Å². The molecular weight excluding hydrogens is 442 g/mol. The number of esters is 1. The molecule has 0 radical (unpaired) electrons. The van der Waals surface area contributed by atoms with Crippen molar-refractivity contribution in [1.82, 2.24) is 4.72 Å². The molecule has 0 aliphatic rings. The first-order valence-electron chi connectivity index (χ1n) is 10.9. The van der Waals surface area contributed by atoms with E-state index in [2.05, 4.69) is 4.72 Å². The molecular formula is C25H29NO6S. The molecule has 0 spiro atoms. The van der Waals surface area contributed by atoms with Crippen LogP contribution in [-0.2, 0) is 14.8 Å². The Labute approximate surface area is 193 Å². The first-order chi connectivity index (χ1) is 15.6. The zero-order valence-electron chi connectivity index (χ0n) is 19.4. The molecule has 0 saturated heterocycles. The van der Waals surface area contributed by atoms with Crippen molar-refractivity contribution in [3.63, 3.8) is 0 Å². The topological polar surface area (TPSA) is 103 Å². The fourth-order valence-electron chi connectivity index (χ4n) is 3.52. The predicted molar refractivity (Wildman–Crippen MR) is 127 cm³/mol. The summed E-state index contributed by atoms with van der Waals surface area (Å²) in [4.78, 5) is 24.6. The van der Waals surface area contributed by atoms with Crippen LogP contribution in [0.15, 0.2) is 50.5 Å². The van der Waals surface area contributed by atoms with Crippen LogP contribution in [-0.4, -0.2) is 20.9 Å². The summed E-state index contributed by atoms with van der Waals surface area (Å²) in [5, 5.41) is 0.622. The van der Waals surface area contributed by atoms with E-state index in [0.29, 0.717) is 48.1 Å². The largest absolute Gasteiger partial charge is 0.426 e. The lowest BCUT2D eigenvalue weighted by atomic mass is 10.0. The van der Waals surface area contributed by atoms with Gasteiger partial charge >= 0.3 is 11.6 Å². The van der Waals surface area contributed by atoms with Crippen molar-refractivity contribution in [2.24, 2.45) is 0 Å². The minimum Gasteiger partial charge on any atom is -0.426 e. The first-order valence-corrected chi connectivity index (χ1v) is 12.4. The number of hydrogen-bond acceptors (Lipinski definition) is 6. The van der Waals surface area contributed by atoms with E-state index in [1.54, 1.807) is 50.2 Å². The van der Waals surface area contributed by atoms with Gasteiger partial charge < -0.3 is 9.15 Å². The molecule has 0 bridgehead atoms. The average Bonchev–Trinajstić information content (AvgIpc) is 2.74. The number of carbonyl (C=O) groups excluding carboxylic acids is 1. The highest BCUT2D eigenvalue weighted by molar-refractivity contribution is 7.89. The molecule has 3 aromatic rings. The molecule has 33 heavy (non-hydrogen) atoms. The maximum atomic E-state index is 12.4. The Morgan fingerprint density at radius 1 is 0.939 bits per heavy atom. The molecule has 3 rings (SSSR count). The Hall–Kier alpha value is -2.97. The van der Waals surface area contributed by atoms with Crippen molar-refractivity contribution in [2.45, 2.75) is 58.3 Å². The van der Waals surface area contributed by atoms with Gasteiger partial charge in [-0.3, -0.25) is 4.79 Å². The van der Waals surface area contributed by atoms with E-state index in [0.717, 1.165) is 16.7 Å². The molecule has 1 heterocycles. The summed E-state index contributed by atoms with van der Waals surface area (Å²) in [5.41, 5.74) is 3.01. The standard InChI is InChI=1S/C25H29NO6S/c1-16-9-11-20(12-10-16)33(29,30)26-13-7-5-6-8-23(27)31-21-14-17(2)15-22-24(21)18(3)19(4)25(28)32-22/h9-12,14-15,26H,5-8,13H2,1-4H3. The second-order valence-corrected chi connectivity index (χ2v) is 10.0. The summed E-state index contributed by atoms with van der Waals surface area (Å²) in [5.74, 6) is -0.00408. The molecule has 8 heteroatoms. The van der Waals surface area contributed by atoms with Crippen LogP contribution in [0.5, 0.6) is 5.75 Å². The number of aryl methyl sites for hydroxylation is 3. The van der Waals surface area contributed by atoms with Crippen molar-refractivity contribution in [3.05, 3.63) is 69.1 Å². The minimum absolute atomic E-state index is 0.203. The number of carbonyl (C=O) groups is 1. The molecule has 2 aromatic carbocycles. The Kier molecular flexibility index (Phi) is 7.71. The zero-order chi connectivity index (χ0) is 24.2. The number of unbranched alkanes of at least 4 members (excludes halogenated alkanes) is 2. The highest BCUT2D eigenvalue weighted by Crippen LogP contribution is 2.31. The molecule has 0 amide bonds. The van der Waals surface area contributed by atoms with E-state index in [1.807, 2.05) is 13.8 Å². The number of rotatable bonds is 9. The second kappa shape index (κ2) is 10.3. The van der Waals surface area contributed by atoms with Gasteiger partial charge in [0.1, 0.15) is 11.3 Å². The number of nitrogens with one attached hydrogen (secondary N) is 1. The van der Waals surface area contributed by atoms with Crippen molar-refractivity contribution >= 4 is 27.0 Å². The van der Waals surface area contributed by atoms with Gasteiger partial charge in [-0.1, -0.05) is 24.1 Å². The summed E-state index contributed by atoms with van der Waals surface area (Å²) in [6.07, 6.45) is 2.05. The van der Waals surface area contributed by atoms with Gasteiger partial charge in [0.2, 0.25) is 10.0 Å². The normalized spacial score (nSPS) is 11.6. The molecule has 0 atom stereocenters. The second-order valence-electron chi connectivity index (χ2n) is 8.27. The van der Waals surface area contributed by atoms with Crippen molar-refractivity contribution < 1.29 is 22.4 Å². The van der Waals surface area contributed by atoms with E-state index in [1.165, 1.54) is 0 Å². The van der Waals surface area contributed by atoms with Crippen LogP contribution in [0, 0.1) is 27.7 Å². The van der Waals surface area contributed by atoms with Crippen LogP contribution < -0.4 is 15.1 Å². The van der Waals surface area contributed by atoms with Crippen LogP contribution in [0.4, 0.5) is 0 Å². The lowest BCUT2D eigenvalue weighted by Crippen LogP contribution is -2.24.